The van der Waals surface area contributed by atoms with Crippen molar-refractivity contribution in [3.05, 3.63) is 0 Å². The highest BCUT2D eigenvalue weighted by Crippen LogP contribution is 2.08. The molecule has 0 aliphatic heterocycles. The second-order valence-electron chi connectivity index (χ2n) is 7.47. The number of carbonyl (C=O) groups is 6. The maximum atomic E-state index is 12.6. The highest BCUT2D eigenvalue weighted by Gasteiger charge is 2.31. The minimum atomic E-state index is -1.62. The first-order valence-electron chi connectivity index (χ1n) is 9.72. The number of carboxylic acids is 3. The number of nitrogens with one attached hydrogen (secondary N) is 3. The molecule has 0 aliphatic rings. The van der Waals surface area contributed by atoms with E-state index in [9.17, 15) is 33.9 Å². The number of amides is 3. The van der Waals surface area contributed by atoms with Gasteiger partial charge in [-0.2, -0.15) is 0 Å². The molecule has 0 radical (unpaired) electrons. The van der Waals surface area contributed by atoms with E-state index in [4.69, 9.17) is 21.1 Å². The zero-order valence-electron chi connectivity index (χ0n) is 17.7. The molecule has 0 spiro atoms. The predicted molar refractivity (Wildman–Crippen MR) is 107 cm³/mol. The molecule has 0 saturated carbocycles. The summed E-state index contributed by atoms with van der Waals surface area (Å²) in [6.07, 6.45) is -1.72. The molecular formula is C18H30N4O10. The summed E-state index contributed by atoms with van der Waals surface area (Å²) >= 11 is 0. The van der Waals surface area contributed by atoms with E-state index in [0.717, 1.165) is 0 Å². The van der Waals surface area contributed by atoms with Gasteiger partial charge in [0.15, 0.2) is 0 Å². The molecular weight excluding hydrogens is 432 g/mol. The lowest BCUT2D eigenvalue weighted by Gasteiger charge is -2.25. The van der Waals surface area contributed by atoms with Crippen molar-refractivity contribution in [2.75, 3.05) is 6.61 Å². The van der Waals surface area contributed by atoms with Crippen molar-refractivity contribution in [2.45, 2.75) is 63.7 Å². The lowest BCUT2D eigenvalue weighted by Crippen LogP contribution is -2.58. The first-order chi connectivity index (χ1) is 14.8. The summed E-state index contributed by atoms with van der Waals surface area (Å²) in [5.74, 6) is -7.27. The van der Waals surface area contributed by atoms with Crippen LogP contribution in [0.3, 0.4) is 0 Å². The lowest BCUT2D eigenvalue weighted by molar-refractivity contribution is -0.144. The fourth-order valence-corrected chi connectivity index (χ4v) is 2.52. The molecule has 0 rings (SSSR count). The summed E-state index contributed by atoms with van der Waals surface area (Å²) < 4.78 is 0. The van der Waals surface area contributed by atoms with Gasteiger partial charge in [0.05, 0.1) is 13.0 Å². The van der Waals surface area contributed by atoms with Crippen molar-refractivity contribution < 1.29 is 49.2 Å². The van der Waals surface area contributed by atoms with Crippen LogP contribution in [-0.2, 0) is 28.8 Å². The number of aliphatic hydroxyl groups excluding tert-OH is 1. The number of carboxylic acid groups (broad SMARTS) is 3. The molecule has 0 aromatic rings. The van der Waals surface area contributed by atoms with Crippen LogP contribution in [0.2, 0.25) is 0 Å². The molecule has 9 N–H and O–H groups in total. The van der Waals surface area contributed by atoms with Crippen molar-refractivity contribution in [3.63, 3.8) is 0 Å². The second kappa shape index (κ2) is 13.9. The van der Waals surface area contributed by atoms with E-state index in [1.165, 1.54) is 0 Å². The van der Waals surface area contributed by atoms with Crippen LogP contribution in [0.25, 0.3) is 0 Å². The van der Waals surface area contributed by atoms with Crippen molar-refractivity contribution in [3.8, 4) is 0 Å². The van der Waals surface area contributed by atoms with Crippen LogP contribution in [-0.4, -0.2) is 86.8 Å². The molecule has 182 valence electrons. The van der Waals surface area contributed by atoms with Gasteiger partial charge in [0, 0.05) is 6.42 Å². The third-order valence-electron chi connectivity index (χ3n) is 4.15. The number of hydrogen-bond acceptors (Lipinski definition) is 8. The Hall–Kier alpha value is -3.26. The van der Waals surface area contributed by atoms with E-state index in [0.29, 0.717) is 0 Å². The molecule has 14 nitrogen and oxygen atoms in total. The molecule has 0 heterocycles. The fraction of sp³-hybridized carbons (Fsp3) is 0.667. The number of aliphatic hydroxyl groups is 1. The zero-order valence-corrected chi connectivity index (χ0v) is 17.7. The van der Waals surface area contributed by atoms with Gasteiger partial charge in [-0.1, -0.05) is 13.8 Å². The molecule has 4 atom stereocenters. The van der Waals surface area contributed by atoms with Crippen LogP contribution >= 0.6 is 0 Å². The Morgan fingerprint density at radius 2 is 1.28 bits per heavy atom. The van der Waals surface area contributed by atoms with Crippen LogP contribution < -0.4 is 21.7 Å². The maximum absolute atomic E-state index is 12.6. The number of nitrogens with two attached hydrogens (primary N) is 1. The van der Waals surface area contributed by atoms with E-state index >= 15 is 0 Å². The summed E-state index contributed by atoms with van der Waals surface area (Å²) in [5.41, 5.74) is 5.34. The third-order valence-corrected chi connectivity index (χ3v) is 4.15. The summed E-state index contributed by atoms with van der Waals surface area (Å²) in [6.45, 7) is 2.67. The van der Waals surface area contributed by atoms with Crippen molar-refractivity contribution in [1.82, 2.24) is 16.0 Å². The van der Waals surface area contributed by atoms with Gasteiger partial charge in [-0.15, -0.1) is 0 Å². The molecule has 0 aromatic heterocycles. The van der Waals surface area contributed by atoms with E-state index in [-0.39, 0.29) is 12.3 Å². The predicted octanol–water partition coefficient (Wildman–Crippen LogP) is -2.77. The summed E-state index contributed by atoms with van der Waals surface area (Å²) in [4.78, 5) is 70.1. The number of aliphatic carboxylic acids is 3. The monoisotopic (exact) mass is 462 g/mol. The molecule has 14 heteroatoms. The minimum Gasteiger partial charge on any atom is -0.481 e. The van der Waals surface area contributed by atoms with Gasteiger partial charge in [0.25, 0.3) is 0 Å². The molecule has 0 aromatic carbocycles. The van der Waals surface area contributed by atoms with Crippen molar-refractivity contribution >= 4 is 35.6 Å². The molecule has 3 amide bonds. The molecule has 0 aliphatic carbocycles. The highest BCUT2D eigenvalue weighted by molar-refractivity contribution is 5.95. The van der Waals surface area contributed by atoms with Gasteiger partial charge in [-0.3, -0.25) is 24.0 Å². The topological polar surface area (TPSA) is 245 Å². The third kappa shape index (κ3) is 11.2. The van der Waals surface area contributed by atoms with Crippen molar-refractivity contribution in [1.29, 1.82) is 0 Å². The molecule has 0 fully saturated rings. The highest BCUT2D eigenvalue weighted by atomic mass is 16.4. The SMILES string of the molecule is CC(C)CC(NC(=O)C(CC(=O)O)NC(=O)C(N)CO)C(=O)NC(CCC(=O)O)C(=O)O. The summed E-state index contributed by atoms with van der Waals surface area (Å²) in [7, 11) is 0. The molecule has 0 bridgehead atoms. The van der Waals surface area contributed by atoms with Crippen LogP contribution in [0.4, 0.5) is 0 Å². The van der Waals surface area contributed by atoms with E-state index in [2.05, 4.69) is 16.0 Å². The summed E-state index contributed by atoms with van der Waals surface area (Å²) in [5, 5.41) is 42.4. The molecule has 0 saturated heterocycles. The van der Waals surface area contributed by atoms with E-state index in [1.54, 1.807) is 13.8 Å². The van der Waals surface area contributed by atoms with Gasteiger partial charge < -0.3 is 42.1 Å². The van der Waals surface area contributed by atoms with Crippen LogP contribution in [0.1, 0.15) is 39.5 Å². The first-order valence-corrected chi connectivity index (χ1v) is 9.72. The maximum Gasteiger partial charge on any atom is 0.326 e. The fourth-order valence-electron chi connectivity index (χ4n) is 2.52. The largest absolute Gasteiger partial charge is 0.481 e. The standard InChI is InChI=1S/C18H30N4O10/c1-8(2)5-11(16(29)20-10(18(31)32)3-4-13(24)25)22-17(30)12(6-14(26)27)21-15(28)9(19)7-23/h8-12,23H,3-7,19H2,1-2H3,(H,20,29)(H,21,28)(H,22,30)(H,24,25)(H,26,27)(H,31,32). The first kappa shape index (κ1) is 28.7. The average Bonchev–Trinajstić information content (AvgIpc) is 2.67. The Morgan fingerprint density at radius 1 is 0.781 bits per heavy atom. The molecule has 32 heavy (non-hydrogen) atoms. The smallest absolute Gasteiger partial charge is 0.326 e. The number of rotatable bonds is 15. The van der Waals surface area contributed by atoms with Crippen LogP contribution in [0, 0.1) is 5.92 Å². The van der Waals surface area contributed by atoms with Gasteiger partial charge in [0.2, 0.25) is 17.7 Å². The molecule has 4 unspecified atom stereocenters. The Morgan fingerprint density at radius 3 is 1.72 bits per heavy atom. The Balaban J connectivity index is 5.48. The zero-order chi connectivity index (χ0) is 25.0. The van der Waals surface area contributed by atoms with Gasteiger partial charge in [-0.05, 0) is 18.8 Å². The van der Waals surface area contributed by atoms with E-state index < -0.39 is 85.7 Å². The second-order valence-corrected chi connectivity index (χ2v) is 7.47. The van der Waals surface area contributed by atoms with Gasteiger partial charge in [-0.25, -0.2) is 4.79 Å². The Bertz CT molecular complexity index is 712. The lowest BCUT2D eigenvalue weighted by atomic mass is 10.0. The number of hydrogen-bond donors (Lipinski definition) is 8. The van der Waals surface area contributed by atoms with Crippen LogP contribution in [0.15, 0.2) is 0 Å². The Kier molecular flexibility index (Phi) is 12.5. The van der Waals surface area contributed by atoms with Crippen molar-refractivity contribution in [2.24, 2.45) is 11.7 Å². The number of carbonyl (C=O) groups excluding carboxylic acids is 3. The van der Waals surface area contributed by atoms with Crippen LogP contribution in [0.5, 0.6) is 0 Å². The van der Waals surface area contributed by atoms with Gasteiger partial charge >= 0.3 is 17.9 Å². The van der Waals surface area contributed by atoms with E-state index in [1.807, 2.05) is 0 Å². The minimum absolute atomic E-state index is 0.0345. The Labute approximate surface area is 183 Å². The average molecular weight is 462 g/mol. The normalized spacial score (nSPS) is 14.5. The quantitative estimate of drug-likeness (QED) is 0.124. The summed E-state index contributed by atoms with van der Waals surface area (Å²) in [6, 6.07) is -5.85. The van der Waals surface area contributed by atoms with Gasteiger partial charge in [0.1, 0.15) is 24.2 Å².